The first-order valence-corrected chi connectivity index (χ1v) is 8.64. The van der Waals surface area contributed by atoms with Crippen LogP contribution in [0.4, 0.5) is 5.69 Å². The maximum absolute atomic E-state index is 12.3. The van der Waals surface area contributed by atoms with E-state index >= 15 is 0 Å². The van der Waals surface area contributed by atoms with E-state index in [-0.39, 0.29) is 17.1 Å². The highest BCUT2D eigenvalue weighted by atomic mass is 35.5. The number of hydrogen-bond acceptors (Lipinski definition) is 4. The molecule has 3 N–H and O–H groups in total. The topological polar surface area (TPSA) is 72.2 Å². The van der Waals surface area contributed by atoms with Gasteiger partial charge in [0.1, 0.15) is 0 Å². The zero-order valence-electron chi connectivity index (χ0n) is 10.5. The van der Waals surface area contributed by atoms with Crippen molar-refractivity contribution in [3.63, 3.8) is 0 Å². The Bertz CT molecular complexity index is 742. The maximum atomic E-state index is 12.3. The van der Waals surface area contributed by atoms with Gasteiger partial charge in [-0.25, -0.2) is 13.1 Å². The lowest BCUT2D eigenvalue weighted by Gasteiger charge is -2.10. The number of sulfonamides is 1. The lowest BCUT2D eigenvalue weighted by molar-refractivity contribution is 0.581. The molecule has 20 heavy (non-hydrogen) atoms. The van der Waals surface area contributed by atoms with Gasteiger partial charge in [-0.05, 0) is 36.8 Å². The minimum absolute atomic E-state index is 0.127. The first kappa shape index (κ1) is 15.6. The van der Waals surface area contributed by atoms with E-state index in [1.165, 1.54) is 23.5 Å². The third-order valence-electron chi connectivity index (χ3n) is 2.65. The zero-order valence-corrected chi connectivity index (χ0v) is 13.6. The van der Waals surface area contributed by atoms with Crippen molar-refractivity contribution in [2.75, 3.05) is 5.73 Å². The normalized spacial score (nSPS) is 11.8. The summed E-state index contributed by atoms with van der Waals surface area (Å²) in [4.78, 5) is 0.959. The third kappa shape index (κ3) is 3.45. The van der Waals surface area contributed by atoms with E-state index in [0.717, 1.165) is 4.88 Å². The molecule has 0 aliphatic heterocycles. The number of aryl methyl sites for hydroxylation is 1. The van der Waals surface area contributed by atoms with Gasteiger partial charge in [0.2, 0.25) is 10.0 Å². The van der Waals surface area contributed by atoms with E-state index < -0.39 is 10.0 Å². The van der Waals surface area contributed by atoms with Crippen molar-refractivity contribution in [3.8, 4) is 0 Å². The summed E-state index contributed by atoms with van der Waals surface area (Å²) in [6.07, 6.45) is 0. The van der Waals surface area contributed by atoms with Crippen LogP contribution in [-0.2, 0) is 16.6 Å². The molecular formula is C12H12Cl2N2O2S2. The predicted molar refractivity (Wildman–Crippen MR) is 84.0 cm³/mol. The van der Waals surface area contributed by atoms with E-state index in [0.29, 0.717) is 14.9 Å². The van der Waals surface area contributed by atoms with E-state index in [1.807, 2.05) is 0 Å². The second-order valence-electron chi connectivity index (χ2n) is 4.17. The van der Waals surface area contributed by atoms with Gasteiger partial charge in [-0.15, -0.1) is 11.3 Å². The molecule has 1 aromatic carbocycles. The van der Waals surface area contributed by atoms with E-state index in [1.54, 1.807) is 19.1 Å². The van der Waals surface area contributed by atoms with Crippen LogP contribution in [-0.4, -0.2) is 8.42 Å². The molecule has 108 valence electrons. The van der Waals surface area contributed by atoms with Crippen molar-refractivity contribution < 1.29 is 8.42 Å². The van der Waals surface area contributed by atoms with Crippen LogP contribution in [0.5, 0.6) is 0 Å². The molecule has 8 heteroatoms. The number of hydrogen-bond donors (Lipinski definition) is 2. The first-order chi connectivity index (χ1) is 9.29. The SMILES string of the molecule is Cc1cc(Cl)c(N)cc1S(=O)(=O)NCc1ccc(Cl)s1. The number of nitrogens with one attached hydrogen (secondary N) is 1. The fraction of sp³-hybridized carbons (Fsp3) is 0.167. The number of benzene rings is 1. The van der Waals surface area contributed by atoms with Crippen molar-refractivity contribution in [2.24, 2.45) is 0 Å². The fourth-order valence-corrected chi connectivity index (χ4v) is 4.25. The largest absolute Gasteiger partial charge is 0.397 e. The Labute approximate surface area is 131 Å². The van der Waals surface area contributed by atoms with Crippen LogP contribution in [0.1, 0.15) is 10.4 Å². The Hall–Kier alpha value is -0.790. The lowest BCUT2D eigenvalue weighted by Crippen LogP contribution is -2.23. The molecule has 0 aliphatic carbocycles. The highest BCUT2D eigenvalue weighted by molar-refractivity contribution is 7.89. The van der Waals surface area contributed by atoms with Crippen LogP contribution in [0, 0.1) is 6.92 Å². The molecule has 0 saturated carbocycles. The van der Waals surface area contributed by atoms with Crippen molar-refractivity contribution in [2.45, 2.75) is 18.4 Å². The second-order valence-corrected chi connectivity index (χ2v) is 8.11. The van der Waals surface area contributed by atoms with Crippen LogP contribution in [0.25, 0.3) is 0 Å². The Morgan fingerprint density at radius 1 is 1.30 bits per heavy atom. The average molecular weight is 351 g/mol. The second kappa shape index (κ2) is 5.91. The standard InChI is InChI=1S/C12H12Cl2N2O2S2/c1-7-4-9(13)10(15)5-11(7)20(17,18)16-6-8-2-3-12(14)19-8/h2-5,16H,6,15H2,1H3. The van der Waals surface area contributed by atoms with Gasteiger partial charge in [0.05, 0.1) is 19.9 Å². The summed E-state index contributed by atoms with van der Waals surface area (Å²) in [6.45, 7) is 1.85. The molecule has 0 aliphatic rings. The number of nitrogens with two attached hydrogens (primary N) is 1. The van der Waals surface area contributed by atoms with Gasteiger partial charge in [0.15, 0.2) is 0 Å². The summed E-state index contributed by atoms with van der Waals surface area (Å²) in [6, 6.07) is 6.40. The van der Waals surface area contributed by atoms with Gasteiger partial charge < -0.3 is 5.73 Å². The zero-order chi connectivity index (χ0) is 14.9. The van der Waals surface area contributed by atoms with Crippen molar-refractivity contribution in [1.82, 2.24) is 4.72 Å². The minimum atomic E-state index is -3.64. The number of anilines is 1. The van der Waals surface area contributed by atoms with Crippen LogP contribution in [0.15, 0.2) is 29.2 Å². The minimum Gasteiger partial charge on any atom is -0.397 e. The quantitative estimate of drug-likeness (QED) is 0.829. The number of thiophene rings is 1. The van der Waals surface area contributed by atoms with Gasteiger partial charge >= 0.3 is 0 Å². The third-order valence-corrected chi connectivity index (χ3v) is 5.75. The van der Waals surface area contributed by atoms with Gasteiger partial charge in [-0.1, -0.05) is 23.2 Å². The van der Waals surface area contributed by atoms with Gasteiger partial charge in [0, 0.05) is 11.4 Å². The molecule has 4 nitrogen and oxygen atoms in total. The molecular weight excluding hydrogens is 339 g/mol. The van der Waals surface area contributed by atoms with Crippen LogP contribution >= 0.6 is 34.5 Å². The molecule has 2 aromatic rings. The summed E-state index contributed by atoms with van der Waals surface area (Å²) in [5, 5.41) is 0.339. The van der Waals surface area contributed by atoms with E-state index in [9.17, 15) is 8.42 Å². The van der Waals surface area contributed by atoms with Crippen LogP contribution in [0.3, 0.4) is 0 Å². The smallest absolute Gasteiger partial charge is 0.241 e. The Balaban J connectivity index is 2.24. The fourth-order valence-electron chi connectivity index (χ4n) is 1.65. The molecule has 2 rings (SSSR count). The lowest BCUT2D eigenvalue weighted by atomic mass is 10.2. The highest BCUT2D eigenvalue weighted by Crippen LogP contribution is 2.27. The maximum Gasteiger partial charge on any atom is 0.241 e. The molecule has 0 saturated heterocycles. The summed E-state index contributed by atoms with van der Waals surface area (Å²) in [5.41, 5.74) is 6.43. The van der Waals surface area contributed by atoms with Gasteiger partial charge in [0.25, 0.3) is 0 Å². The summed E-state index contributed by atoms with van der Waals surface area (Å²) < 4.78 is 27.7. The molecule has 0 bridgehead atoms. The molecule has 0 amide bonds. The molecule has 1 heterocycles. The molecule has 0 radical (unpaired) electrons. The Morgan fingerprint density at radius 3 is 2.60 bits per heavy atom. The number of halogens is 2. The van der Waals surface area contributed by atoms with Gasteiger partial charge in [-0.3, -0.25) is 0 Å². The van der Waals surface area contributed by atoms with Gasteiger partial charge in [-0.2, -0.15) is 0 Å². The predicted octanol–water partition coefficient (Wildman–Crippen LogP) is 3.42. The van der Waals surface area contributed by atoms with Crippen molar-refractivity contribution in [1.29, 1.82) is 0 Å². The average Bonchev–Trinajstić information content (AvgIpc) is 2.77. The molecule has 0 unspecified atom stereocenters. The van der Waals surface area contributed by atoms with Crippen LogP contribution in [0.2, 0.25) is 9.36 Å². The summed E-state index contributed by atoms with van der Waals surface area (Å²) in [7, 11) is -3.64. The Morgan fingerprint density at radius 2 is 2.00 bits per heavy atom. The van der Waals surface area contributed by atoms with E-state index in [2.05, 4.69) is 4.72 Å². The van der Waals surface area contributed by atoms with Crippen LogP contribution < -0.4 is 10.5 Å². The summed E-state index contributed by atoms with van der Waals surface area (Å²) in [5.74, 6) is 0. The first-order valence-electron chi connectivity index (χ1n) is 5.59. The van der Waals surface area contributed by atoms with Crippen molar-refractivity contribution in [3.05, 3.63) is 44.1 Å². The Kier molecular flexibility index (Phi) is 4.61. The van der Waals surface area contributed by atoms with Crippen molar-refractivity contribution >= 4 is 50.2 Å². The number of nitrogen functional groups attached to an aromatic ring is 1. The molecule has 0 spiro atoms. The van der Waals surface area contributed by atoms with E-state index in [4.69, 9.17) is 28.9 Å². The molecule has 1 aromatic heterocycles. The highest BCUT2D eigenvalue weighted by Gasteiger charge is 2.18. The number of rotatable bonds is 4. The molecule has 0 fully saturated rings. The summed E-state index contributed by atoms with van der Waals surface area (Å²) >= 11 is 13.0. The molecule has 0 atom stereocenters. The monoisotopic (exact) mass is 350 g/mol.